The van der Waals surface area contributed by atoms with Crippen molar-refractivity contribution in [1.29, 1.82) is 0 Å². The van der Waals surface area contributed by atoms with Crippen LogP contribution in [0.15, 0.2) is 18.3 Å². The van der Waals surface area contributed by atoms with Crippen molar-refractivity contribution >= 4 is 17.7 Å². The van der Waals surface area contributed by atoms with Crippen molar-refractivity contribution in [2.75, 3.05) is 12.4 Å². The molecule has 1 unspecified atom stereocenters. The van der Waals surface area contributed by atoms with Crippen LogP contribution in [-0.2, 0) is 9.53 Å². The molecule has 2 N–H and O–H groups in total. The number of nitrogens with one attached hydrogen (secondary N) is 2. The smallest absolute Gasteiger partial charge is 0.408 e. The van der Waals surface area contributed by atoms with Crippen LogP contribution in [0.5, 0.6) is 5.88 Å². The number of hydrogen-bond acceptors (Lipinski definition) is 5. The summed E-state index contributed by atoms with van der Waals surface area (Å²) in [7, 11) is 1.51. The minimum atomic E-state index is -0.734. The highest BCUT2D eigenvalue weighted by atomic mass is 16.6. The highest BCUT2D eigenvalue weighted by molar-refractivity contribution is 5.96. The summed E-state index contributed by atoms with van der Waals surface area (Å²) in [6.07, 6.45) is 0.828. The molecule has 0 spiro atoms. The first-order valence-corrected chi connectivity index (χ1v) is 6.51. The Hall–Kier alpha value is -2.31. The topological polar surface area (TPSA) is 89.6 Å². The number of alkyl carbamates (subject to hydrolysis) is 1. The summed E-state index contributed by atoms with van der Waals surface area (Å²) in [5.74, 6) is 0.0840. The lowest BCUT2D eigenvalue weighted by Gasteiger charge is -2.21. The molecule has 0 fully saturated rings. The largest absolute Gasteiger partial charge is 0.481 e. The number of hydrogen-bond donors (Lipinski definition) is 2. The molecule has 0 aliphatic rings. The zero-order chi connectivity index (χ0) is 16.0. The fraction of sp³-hybridized carbons (Fsp3) is 0.500. The SMILES string of the molecule is COc1ccc(NC(=O)C(C)NC(=O)OC(C)(C)C)cn1. The van der Waals surface area contributed by atoms with Crippen LogP contribution in [0.25, 0.3) is 0 Å². The van der Waals surface area contributed by atoms with Gasteiger partial charge in [-0.05, 0) is 33.8 Å². The second-order valence-electron chi connectivity index (χ2n) is 5.45. The summed E-state index contributed by atoms with van der Waals surface area (Å²) in [6.45, 7) is 6.82. The molecule has 0 radical (unpaired) electrons. The average molecular weight is 295 g/mol. The highest BCUT2D eigenvalue weighted by Crippen LogP contribution is 2.11. The third-order valence-corrected chi connectivity index (χ3v) is 2.34. The van der Waals surface area contributed by atoms with Gasteiger partial charge in [-0.15, -0.1) is 0 Å². The Balaban J connectivity index is 2.52. The van der Waals surface area contributed by atoms with Gasteiger partial charge in [0.15, 0.2) is 0 Å². The van der Waals surface area contributed by atoms with E-state index in [0.717, 1.165) is 0 Å². The lowest BCUT2D eigenvalue weighted by Crippen LogP contribution is -2.43. The second kappa shape index (κ2) is 6.92. The van der Waals surface area contributed by atoms with Crippen molar-refractivity contribution in [1.82, 2.24) is 10.3 Å². The molecular weight excluding hydrogens is 274 g/mol. The van der Waals surface area contributed by atoms with E-state index in [4.69, 9.17) is 9.47 Å². The summed E-state index contributed by atoms with van der Waals surface area (Å²) in [5, 5.41) is 5.09. The van der Waals surface area contributed by atoms with Gasteiger partial charge in [0.05, 0.1) is 19.0 Å². The molecule has 0 aliphatic carbocycles. The van der Waals surface area contributed by atoms with E-state index in [-0.39, 0.29) is 5.91 Å². The molecule has 1 heterocycles. The van der Waals surface area contributed by atoms with E-state index in [1.54, 1.807) is 39.8 Å². The monoisotopic (exact) mass is 295 g/mol. The summed E-state index contributed by atoms with van der Waals surface area (Å²) < 4.78 is 10.0. The van der Waals surface area contributed by atoms with Crippen LogP contribution in [-0.4, -0.2) is 35.7 Å². The van der Waals surface area contributed by atoms with Crippen molar-refractivity contribution in [3.63, 3.8) is 0 Å². The number of pyridine rings is 1. The van der Waals surface area contributed by atoms with Gasteiger partial charge < -0.3 is 20.1 Å². The van der Waals surface area contributed by atoms with Gasteiger partial charge in [-0.25, -0.2) is 9.78 Å². The Morgan fingerprint density at radius 3 is 2.43 bits per heavy atom. The van der Waals surface area contributed by atoms with Crippen LogP contribution in [0, 0.1) is 0 Å². The molecule has 1 atom stereocenters. The third-order valence-electron chi connectivity index (χ3n) is 2.34. The van der Waals surface area contributed by atoms with Crippen LogP contribution in [0.3, 0.4) is 0 Å². The van der Waals surface area contributed by atoms with E-state index in [9.17, 15) is 9.59 Å². The number of rotatable bonds is 4. The number of nitrogens with zero attached hydrogens (tertiary/aromatic N) is 1. The molecule has 116 valence electrons. The minimum absolute atomic E-state index is 0.368. The van der Waals surface area contributed by atoms with Crippen molar-refractivity contribution in [3.8, 4) is 5.88 Å². The van der Waals surface area contributed by atoms with Crippen LogP contribution < -0.4 is 15.4 Å². The Morgan fingerprint density at radius 2 is 1.95 bits per heavy atom. The van der Waals surface area contributed by atoms with Crippen LogP contribution in [0.1, 0.15) is 27.7 Å². The number of anilines is 1. The molecular formula is C14H21N3O4. The first-order chi connectivity index (χ1) is 9.71. The zero-order valence-electron chi connectivity index (χ0n) is 12.9. The summed E-state index contributed by atoms with van der Waals surface area (Å²) >= 11 is 0. The van der Waals surface area contributed by atoms with E-state index in [2.05, 4.69) is 15.6 Å². The number of ether oxygens (including phenoxy) is 2. The number of carbonyl (C=O) groups excluding carboxylic acids is 2. The first-order valence-electron chi connectivity index (χ1n) is 6.51. The van der Waals surface area contributed by atoms with Crippen molar-refractivity contribution in [2.45, 2.75) is 39.3 Å². The highest BCUT2D eigenvalue weighted by Gasteiger charge is 2.21. The van der Waals surface area contributed by atoms with Crippen LogP contribution >= 0.6 is 0 Å². The molecule has 2 amide bonds. The maximum Gasteiger partial charge on any atom is 0.408 e. The van der Waals surface area contributed by atoms with Gasteiger partial charge in [-0.2, -0.15) is 0 Å². The normalized spacial score (nSPS) is 12.2. The molecule has 1 rings (SSSR count). The molecule has 0 aromatic carbocycles. The van der Waals surface area contributed by atoms with Crippen molar-refractivity contribution in [3.05, 3.63) is 18.3 Å². The van der Waals surface area contributed by atoms with Gasteiger partial charge >= 0.3 is 6.09 Å². The second-order valence-corrected chi connectivity index (χ2v) is 5.45. The quantitative estimate of drug-likeness (QED) is 0.886. The van der Waals surface area contributed by atoms with E-state index in [1.165, 1.54) is 13.3 Å². The number of methoxy groups -OCH3 is 1. The van der Waals surface area contributed by atoms with Crippen LogP contribution in [0.2, 0.25) is 0 Å². The standard InChI is InChI=1S/C14H21N3O4/c1-9(16-13(19)21-14(2,3)4)12(18)17-10-6-7-11(20-5)15-8-10/h6-9H,1-5H3,(H,16,19)(H,17,18). The molecule has 7 heteroatoms. The molecule has 1 aromatic heterocycles. The number of amides is 2. The van der Waals surface area contributed by atoms with E-state index in [0.29, 0.717) is 11.6 Å². The van der Waals surface area contributed by atoms with E-state index >= 15 is 0 Å². The Labute approximate surface area is 124 Å². The predicted molar refractivity (Wildman–Crippen MR) is 78.3 cm³/mol. The lowest BCUT2D eigenvalue weighted by molar-refractivity contribution is -0.117. The average Bonchev–Trinajstić information content (AvgIpc) is 2.37. The minimum Gasteiger partial charge on any atom is -0.481 e. The first kappa shape index (κ1) is 16.7. The molecule has 7 nitrogen and oxygen atoms in total. The van der Waals surface area contributed by atoms with Crippen LogP contribution in [0.4, 0.5) is 10.5 Å². The number of aromatic nitrogens is 1. The molecule has 1 aromatic rings. The molecule has 21 heavy (non-hydrogen) atoms. The van der Waals surface area contributed by atoms with Gasteiger partial charge in [0.1, 0.15) is 11.6 Å². The van der Waals surface area contributed by atoms with Gasteiger partial charge in [-0.1, -0.05) is 0 Å². The van der Waals surface area contributed by atoms with Gasteiger partial charge in [0.2, 0.25) is 11.8 Å². The van der Waals surface area contributed by atoms with Crippen molar-refractivity contribution < 1.29 is 19.1 Å². The predicted octanol–water partition coefficient (Wildman–Crippen LogP) is 1.94. The maximum atomic E-state index is 11.9. The third kappa shape index (κ3) is 6.11. The number of carbonyl (C=O) groups is 2. The van der Waals surface area contributed by atoms with Crippen molar-refractivity contribution in [2.24, 2.45) is 0 Å². The summed E-state index contributed by atoms with van der Waals surface area (Å²) in [5.41, 5.74) is -0.0983. The van der Waals surface area contributed by atoms with Gasteiger partial charge in [-0.3, -0.25) is 4.79 Å². The molecule has 0 saturated heterocycles. The van der Waals surface area contributed by atoms with E-state index in [1.807, 2.05) is 0 Å². The molecule has 0 aliphatic heterocycles. The fourth-order valence-corrected chi connectivity index (χ4v) is 1.38. The van der Waals surface area contributed by atoms with Gasteiger partial charge in [0, 0.05) is 6.07 Å². The Kier molecular flexibility index (Phi) is 5.52. The summed E-state index contributed by atoms with van der Waals surface area (Å²) in [4.78, 5) is 27.5. The van der Waals surface area contributed by atoms with Gasteiger partial charge in [0.25, 0.3) is 0 Å². The fourth-order valence-electron chi connectivity index (χ4n) is 1.38. The lowest BCUT2D eigenvalue weighted by atomic mass is 10.2. The maximum absolute atomic E-state index is 11.9. The van der Waals surface area contributed by atoms with E-state index < -0.39 is 17.7 Å². The molecule has 0 saturated carbocycles. The zero-order valence-corrected chi connectivity index (χ0v) is 12.9. The molecule has 0 bridgehead atoms. The Morgan fingerprint density at radius 1 is 1.29 bits per heavy atom. The Bertz CT molecular complexity index is 494. The summed E-state index contributed by atoms with van der Waals surface area (Å²) in [6, 6.07) is 2.55.